The molecule has 1 heterocycles. The Bertz CT molecular complexity index is 201. The van der Waals surface area contributed by atoms with Crippen LogP contribution in [0.25, 0.3) is 0 Å². The lowest BCUT2D eigenvalue weighted by atomic mass is 10.2. The Kier molecular flexibility index (Phi) is 2.84. The van der Waals surface area contributed by atoms with E-state index in [2.05, 4.69) is 6.92 Å². The van der Waals surface area contributed by atoms with Crippen molar-refractivity contribution in [2.24, 2.45) is 5.92 Å². The van der Waals surface area contributed by atoms with Crippen LogP contribution in [0.15, 0.2) is 0 Å². The van der Waals surface area contributed by atoms with Crippen LogP contribution in [0.5, 0.6) is 0 Å². The Hall–Kier alpha value is -0.860. The summed E-state index contributed by atoms with van der Waals surface area (Å²) in [7, 11) is 0. The molecule has 68 valence electrons. The first-order valence-electron chi connectivity index (χ1n) is 4.37. The largest absolute Gasteiger partial charge is 0.342 e. The third-order valence-electron chi connectivity index (χ3n) is 2.14. The molecule has 0 aromatic rings. The van der Waals surface area contributed by atoms with Crippen LogP contribution in [0.3, 0.4) is 0 Å². The number of carbonyl (C=O) groups is 2. The van der Waals surface area contributed by atoms with Gasteiger partial charge in [-0.05, 0) is 12.8 Å². The highest BCUT2D eigenvalue weighted by atomic mass is 16.2. The lowest BCUT2D eigenvalue weighted by molar-refractivity contribution is -0.128. The molecule has 1 rings (SSSR count). The monoisotopic (exact) mass is 169 g/mol. The molecule has 1 amide bonds. The van der Waals surface area contributed by atoms with E-state index in [1.807, 2.05) is 0 Å². The smallest absolute Gasteiger partial charge is 0.222 e. The van der Waals surface area contributed by atoms with Crippen molar-refractivity contribution < 1.29 is 9.59 Å². The van der Waals surface area contributed by atoms with Gasteiger partial charge < -0.3 is 4.90 Å². The van der Waals surface area contributed by atoms with E-state index >= 15 is 0 Å². The van der Waals surface area contributed by atoms with Gasteiger partial charge in [-0.25, -0.2) is 0 Å². The topological polar surface area (TPSA) is 37.4 Å². The predicted octanol–water partition coefficient (Wildman–Crippen LogP) is 0.834. The highest BCUT2D eigenvalue weighted by molar-refractivity contribution is 5.80. The maximum absolute atomic E-state index is 11.2. The summed E-state index contributed by atoms with van der Waals surface area (Å²) in [6, 6.07) is 0. The fourth-order valence-electron chi connectivity index (χ4n) is 1.48. The van der Waals surface area contributed by atoms with Gasteiger partial charge in [-0.15, -0.1) is 0 Å². The summed E-state index contributed by atoms with van der Waals surface area (Å²) in [5.41, 5.74) is 0. The van der Waals surface area contributed by atoms with Crippen molar-refractivity contribution in [1.82, 2.24) is 4.90 Å². The Balaban J connectivity index is 2.33. The normalized spacial score (nSPS) is 23.3. The standard InChI is InChI=1S/C9H15NO2/c1-7-5-9(12)10(6-7)4-3-8(2)11/h7H,3-6H2,1-2H3. The van der Waals surface area contributed by atoms with Crippen LogP contribution < -0.4 is 0 Å². The molecule has 3 heteroatoms. The fourth-order valence-corrected chi connectivity index (χ4v) is 1.48. The van der Waals surface area contributed by atoms with Gasteiger partial charge in [0.1, 0.15) is 5.78 Å². The van der Waals surface area contributed by atoms with Crippen LogP contribution >= 0.6 is 0 Å². The van der Waals surface area contributed by atoms with Gasteiger partial charge in [0.25, 0.3) is 0 Å². The summed E-state index contributed by atoms with van der Waals surface area (Å²) < 4.78 is 0. The summed E-state index contributed by atoms with van der Waals surface area (Å²) in [5, 5.41) is 0. The lowest BCUT2D eigenvalue weighted by Crippen LogP contribution is -2.27. The Morgan fingerprint density at radius 2 is 2.33 bits per heavy atom. The molecular formula is C9H15NO2. The number of hydrogen-bond acceptors (Lipinski definition) is 2. The summed E-state index contributed by atoms with van der Waals surface area (Å²) >= 11 is 0. The number of carbonyl (C=O) groups excluding carboxylic acids is 2. The van der Waals surface area contributed by atoms with Crippen molar-refractivity contribution in [3.8, 4) is 0 Å². The number of nitrogens with zero attached hydrogens (tertiary/aromatic N) is 1. The second-order valence-corrected chi connectivity index (χ2v) is 3.60. The van der Waals surface area contributed by atoms with E-state index in [1.54, 1.807) is 11.8 Å². The zero-order valence-corrected chi connectivity index (χ0v) is 7.67. The van der Waals surface area contributed by atoms with Crippen molar-refractivity contribution in [2.45, 2.75) is 26.7 Å². The number of Topliss-reactive ketones (excluding diaryl/α,β-unsaturated/α-hetero) is 1. The molecule has 1 fully saturated rings. The van der Waals surface area contributed by atoms with E-state index in [-0.39, 0.29) is 11.7 Å². The average molecular weight is 169 g/mol. The number of amides is 1. The van der Waals surface area contributed by atoms with Crippen LogP contribution in [0.1, 0.15) is 26.7 Å². The summed E-state index contributed by atoms with van der Waals surface area (Å²) in [6.07, 6.45) is 1.15. The molecule has 12 heavy (non-hydrogen) atoms. The molecule has 1 saturated heterocycles. The van der Waals surface area contributed by atoms with Gasteiger partial charge in [0.2, 0.25) is 5.91 Å². The minimum absolute atomic E-state index is 0.155. The molecule has 0 saturated carbocycles. The first-order valence-corrected chi connectivity index (χ1v) is 4.37. The fraction of sp³-hybridized carbons (Fsp3) is 0.778. The Morgan fingerprint density at radius 3 is 2.75 bits per heavy atom. The molecule has 0 aliphatic carbocycles. The van der Waals surface area contributed by atoms with Gasteiger partial charge >= 0.3 is 0 Å². The Morgan fingerprint density at radius 1 is 1.67 bits per heavy atom. The molecule has 1 aliphatic heterocycles. The highest BCUT2D eigenvalue weighted by Gasteiger charge is 2.25. The lowest BCUT2D eigenvalue weighted by Gasteiger charge is -2.14. The van der Waals surface area contributed by atoms with Gasteiger partial charge in [0.05, 0.1) is 0 Å². The van der Waals surface area contributed by atoms with Gasteiger partial charge in [0.15, 0.2) is 0 Å². The molecule has 0 N–H and O–H groups in total. The van der Waals surface area contributed by atoms with Crippen molar-refractivity contribution >= 4 is 11.7 Å². The number of likely N-dealkylation sites (tertiary alicyclic amines) is 1. The van der Waals surface area contributed by atoms with E-state index in [0.29, 0.717) is 25.3 Å². The number of hydrogen-bond donors (Lipinski definition) is 0. The first kappa shape index (κ1) is 9.23. The van der Waals surface area contributed by atoms with Crippen LogP contribution in [-0.2, 0) is 9.59 Å². The molecule has 3 nitrogen and oxygen atoms in total. The van der Waals surface area contributed by atoms with Gasteiger partial charge in [-0.3, -0.25) is 9.59 Å². The molecule has 0 spiro atoms. The molecule has 0 aromatic carbocycles. The minimum Gasteiger partial charge on any atom is -0.342 e. The number of ketones is 1. The van der Waals surface area contributed by atoms with Crippen LogP contribution in [0.2, 0.25) is 0 Å². The average Bonchev–Trinajstić information content (AvgIpc) is 2.26. The number of rotatable bonds is 3. The highest BCUT2D eigenvalue weighted by Crippen LogP contribution is 2.16. The third-order valence-corrected chi connectivity index (χ3v) is 2.14. The molecule has 1 atom stereocenters. The van der Waals surface area contributed by atoms with Gasteiger partial charge in [-0.1, -0.05) is 6.92 Å². The SMILES string of the molecule is CC(=O)CCN1CC(C)CC1=O. The molecule has 1 aliphatic rings. The van der Waals surface area contributed by atoms with Crippen molar-refractivity contribution in [3.63, 3.8) is 0 Å². The summed E-state index contributed by atoms with van der Waals surface area (Å²) in [6.45, 7) is 5.06. The second-order valence-electron chi connectivity index (χ2n) is 3.60. The third kappa shape index (κ3) is 2.32. The molecule has 1 unspecified atom stereocenters. The van der Waals surface area contributed by atoms with E-state index < -0.39 is 0 Å². The zero-order chi connectivity index (χ0) is 9.14. The Labute approximate surface area is 72.7 Å². The van der Waals surface area contributed by atoms with Crippen molar-refractivity contribution in [1.29, 1.82) is 0 Å². The molecule has 0 radical (unpaired) electrons. The van der Waals surface area contributed by atoms with E-state index in [4.69, 9.17) is 0 Å². The van der Waals surface area contributed by atoms with E-state index in [1.165, 1.54) is 0 Å². The van der Waals surface area contributed by atoms with E-state index in [9.17, 15) is 9.59 Å². The molecular weight excluding hydrogens is 154 g/mol. The maximum atomic E-state index is 11.2. The van der Waals surface area contributed by atoms with Crippen molar-refractivity contribution in [3.05, 3.63) is 0 Å². The minimum atomic E-state index is 0.155. The first-order chi connectivity index (χ1) is 5.59. The molecule has 0 bridgehead atoms. The zero-order valence-electron chi connectivity index (χ0n) is 7.67. The summed E-state index contributed by atoms with van der Waals surface area (Å²) in [5.74, 6) is 0.815. The quantitative estimate of drug-likeness (QED) is 0.627. The summed E-state index contributed by atoms with van der Waals surface area (Å²) in [4.78, 5) is 23.6. The van der Waals surface area contributed by atoms with E-state index in [0.717, 1.165) is 6.54 Å². The van der Waals surface area contributed by atoms with Crippen LogP contribution in [-0.4, -0.2) is 29.7 Å². The second kappa shape index (κ2) is 3.70. The van der Waals surface area contributed by atoms with Gasteiger partial charge in [0, 0.05) is 25.9 Å². The van der Waals surface area contributed by atoms with Crippen LogP contribution in [0.4, 0.5) is 0 Å². The van der Waals surface area contributed by atoms with Crippen LogP contribution in [0, 0.1) is 5.92 Å². The maximum Gasteiger partial charge on any atom is 0.222 e. The predicted molar refractivity (Wildman–Crippen MR) is 45.7 cm³/mol. The molecule has 0 aromatic heterocycles. The van der Waals surface area contributed by atoms with Gasteiger partial charge in [-0.2, -0.15) is 0 Å². The van der Waals surface area contributed by atoms with Crippen molar-refractivity contribution in [2.75, 3.05) is 13.1 Å².